The zero-order valence-corrected chi connectivity index (χ0v) is 11.9. The highest BCUT2D eigenvalue weighted by atomic mass is 16.1. The van der Waals surface area contributed by atoms with Crippen LogP contribution in [0.25, 0.3) is 0 Å². The number of piperidine rings is 1. The Bertz CT molecular complexity index is 437. The third-order valence-corrected chi connectivity index (χ3v) is 3.68. The molecule has 0 spiro atoms. The van der Waals surface area contributed by atoms with Crippen LogP contribution < -0.4 is 15.5 Å². The topological polar surface area (TPSA) is 44.4 Å². The summed E-state index contributed by atoms with van der Waals surface area (Å²) in [7, 11) is 3.96. The van der Waals surface area contributed by atoms with Gasteiger partial charge in [0.1, 0.15) is 0 Å². The van der Waals surface area contributed by atoms with Gasteiger partial charge in [-0.2, -0.15) is 0 Å². The van der Waals surface area contributed by atoms with Gasteiger partial charge in [-0.25, -0.2) is 0 Å². The first-order chi connectivity index (χ1) is 9.08. The van der Waals surface area contributed by atoms with Crippen LogP contribution in [0.4, 0.5) is 11.4 Å². The second-order valence-corrected chi connectivity index (χ2v) is 5.48. The fourth-order valence-electron chi connectivity index (χ4n) is 2.43. The number of carbonyl (C=O) groups excluding carboxylic acids is 1. The molecule has 1 aromatic rings. The highest BCUT2D eigenvalue weighted by Crippen LogP contribution is 2.25. The van der Waals surface area contributed by atoms with E-state index in [0.29, 0.717) is 6.04 Å². The van der Waals surface area contributed by atoms with E-state index in [1.54, 1.807) is 0 Å². The lowest BCUT2D eigenvalue weighted by Crippen LogP contribution is -2.41. The average molecular weight is 261 g/mol. The first-order valence-electron chi connectivity index (χ1n) is 6.88. The molecule has 2 unspecified atom stereocenters. The van der Waals surface area contributed by atoms with Crippen LogP contribution in [-0.2, 0) is 4.79 Å². The Morgan fingerprint density at radius 1 is 1.32 bits per heavy atom. The maximum atomic E-state index is 12.3. The van der Waals surface area contributed by atoms with Crippen LogP contribution in [0.3, 0.4) is 0 Å². The summed E-state index contributed by atoms with van der Waals surface area (Å²) in [4.78, 5) is 14.3. The lowest BCUT2D eigenvalue weighted by Gasteiger charge is -2.27. The van der Waals surface area contributed by atoms with Gasteiger partial charge in [0.05, 0.1) is 17.3 Å². The second-order valence-electron chi connectivity index (χ2n) is 5.48. The fraction of sp³-hybridized carbons (Fsp3) is 0.533. The second kappa shape index (κ2) is 6.06. The van der Waals surface area contributed by atoms with E-state index in [1.807, 2.05) is 43.3 Å². The van der Waals surface area contributed by atoms with Crippen molar-refractivity contribution in [3.8, 4) is 0 Å². The fourth-order valence-corrected chi connectivity index (χ4v) is 2.43. The lowest BCUT2D eigenvalue weighted by molar-refractivity contribution is -0.120. The smallest absolute Gasteiger partial charge is 0.228 e. The average Bonchev–Trinajstić information content (AvgIpc) is 2.39. The Morgan fingerprint density at radius 3 is 2.68 bits per heavy atom. The zero-order chi connectivity index (χ0) is 13.8. The molecule has 4 nitrogen and oxygen atoms in total. The molecule has 1 saturated heterocycles. The molecule has 0 radical (unpaired) electrons. The number of nitrogens with one attached hydrogen (secondary N) is 2. The van der Waals surface area contributed by atoms with E-state index in [4.69, 9.17) is 0 Å². The van der Waals surface area contributed by atoms with Crippen molar-refractivity contribution in [2.45, 2.75) is 25.8 Å². The molecule has 2 rings (SSSR count). The number of nitrogens with zero attached hydrogens (tertiary/aromatic N) is 1. The summed E-state index contributed by atoms with van der Waals surface area (Å²) in [5.41, 5.74) is 1.92. The molecule has 1 amide bonds. The summed E-state index contributed by atoms with van der Waals surface area (Å²) < 4.78 is 0. The van der Waals surface area contributed by atoms with E-state index in [0.717, 1.165) is 30.8 Å². The van der Waals surface area contributed by atoms with E-state index < -0.39 is 0 Å². The number of amides is 1. The molecule has 2 atom stereocenters. The lowest BCUT2D eigenvalue weighted by atomic mass is 9.94. The molecular weight excluding hydrogens is 238 g/mol. The third-order valence-electron chi connectivity index (χ3n) is 3.68. The molecule has 104 valence electrons. The summed E-state index contributed by atoms with van der Waals surface area (Å²) in [5, 5.41) is 6.42. The molecule has 0 aromatic heterocycles. The molecule has 1 aliphatic rings. The van der Waals surface area contributed by atoms with E-state index in [2.05, 4.69) is 17.6 Å². The summed E-state index contributed by atoms with van der Waals surface area (Å²) in [6.45, 7) is 2.94. The summed E-state index contributed by atoms with van der Waals surface area (Å²) in [5.74, 6) is 0.195. The van der Waals surface area contributed by atoms with Crippen molar-refractivity contribution in [1.82, 2.24) is 5.32 Å². The molecule has 4 heteroatoms. The van der Waals surface area contributed by atoms with E-state index >= 15 is 0 Å². The Labute approximate surface area is 115 Å². The SMILES string of the molecule is CC1CCC(C(=O)Nc2ccccc2N(C)C)CN1. The quantitative estimate of drug-likeness (QED) is 0.875. The Hall–Kier alpha value is -1.55. The third kappa shape index (κ3) is 3.47. The summed E-state index contributed by atoms with van der Waals surface area (Å²) in [6, 6.07) is 8.42. The summed E-state index contributed by atoms with van der Waals surface area (Å²) >= 11 is 0. The summed E-state index contributed by atoms with van der Waals surface area (Å²) in [6.07, 6.45) is 2.03. The Balaban J connectivity index is 2.03. The highest BCUT2D eigenvalue weighted by molar-refractivity contribution is 5.96. The molecule has 0 aliphatic carbocycles. The van der Waals surface area contributed by atoms with Gasteiger partial charge in [-0.05, 0) is 31.9 Å². The van der Waals surface area contributed by atoms with Crippen molar-refractivity contribution in [1.29, 1.82) is 0 Å². The first kappa shape index (κ1) is 13.9. The molecule has 19 heavy (non-hydrogen) atoms. The van der Waals surface area contributed by atoms with Crippen LogP contribution in [-0.4, -0.2) is 32.6 Å². The number of benzene rings is 1. The Kier molecular flexibility index (Phi) is 4.43. The van der Waals surface area contributed by atoms with Gasteiger partial charge in [0.2, 0.25) is 5.91 Å². The van der Waals surface area contributed by atoms with Crippen LogP contribution in [0.2, 0.25) is 0 Å². The number of para-hydroxylation sites is 2. The number of carbonyl (C=O) groups is 1. The molecule has 0 bridgehead atoms. The van der Waals surface area contributed by atoms with Crippen LogP contribution in [0.15, 0.2) is 24.3 Å². The minimum atomic E-state index is 0.0754. The van der Waals surface area contributed by atoms with Gasteiger partial charge in [-0.3, -0.25) is 4.79 Å². The minimum Gasteiger partial charge on any atom is -0.376 e. The van der Waals surface area contributed by atoms with Gasteiger partial charge in [0, 0.05) is 26.7 Å². The minimum absolute atomic E-state index is 0.0754. The first-order valence-corrected chi connectivity index (χ1v) is 6.88. The predicted molar refractivity (Wildman–Crippen MR) is 79.6 cm³/mol. The van der Waals surface area contributed by atoms with Crippen molar-refractivity contribution in [3.63, 3.8) is 0 Å². The highest BCUT2D eigenvalue weighted by Gasteiger charge is 2.24. The molecular formula is C15H23N3O. The van der Waals surface area contributed by atoms with Crippen LogP contribution >= 0.6 is 0 Å². The van der Waals surface area contributed by atoms with Crippen molar-refractivity contribution in [2.24, 2.45) is 5.92 Å². The van der Waals surface area contributed by atoms with Crippen molar-refractivity contribution in [2.75, 3.05) is 30.9 Å². The number of rotatable bonds is 3. The molecule has 1 fully saturated rings. The number of hydrogen-bond donors (Lipinski definition) is 2. The van der Waals surface area contributed by atoms with Crippen LogP contribution in [0.5, 0.6) is 0 Å². The maximum absolute atomic E-state index is 12.3. The van der Waals surface area contributed by atoms with Gasteiger partial charge in [-0.15, -0.1) is 0 Å². The van der Waals surface area contributed by atoms with Crippen LogP contribution in [0, 0.1) is 5.92 Å². The largest absolute Gasteiger partial charge is 0.376 e. The van der Waals surface area contributed by atoms with Gasteiger partial charge >= 0.3 is 0 Å². The van der Waals surface area contributed by atoms with Gasteiger partial charge in [0.15, 0.2) is 0 Å². The molecule has 1 aromatic carbocycles. The van der Waals surface area contributed by atoms with Crippen molar-refractivity contribution < 1.29 is 4.79 Å². The molecule has 1 heterocycles. The zero-order valence-electron chi connectivity index (χ0n) is 11.9. The molecule has 1 aliphatic heterocycles. The number of hydrogen-bond acceptors (Lipinski definition) is 3. The van der Waals surface area contributed by atoms with Gasteiger partial charge < -0.3 is 15.5 Å². The van der Waals surface area contributed by atoms with E-state index in [9.17, 15) is 4.79 Å². The van der Waals surface area contributed by atoms with Crippen LogP contribution in [0.1, 0.15) is 19.8 Å². The van der Waals surface area contributed by atoms with Crippen molar-refractivity contribution in [3.05, 3.63) is 24.3 Å². The Morgan fingerprint density at radius 2 is 2.05 bits per heavy atom. The van der Waals surface area contributed by atoms with E-state index in [-0.39, 0.29) is 11.8 Å². The van der Waals surface area contributed by atoms with E-state index in [1.165, 1.54) is 0 Å². The molecule has 2 N–H and O–H groups in total. The number of anilines is 2. The normalized spacial score (nSPS) is 22.9. The molecule has 0 saturated carbocycles. The predicted octanol–water partition coefficient (Wildman–Crippen LogP) is 2.08. The maximum Gasteiger partial charge on any atom is 0.228 e. The monoisotopic (exact) mass is 261 g/mol. The van der Waals surface area contributed by atoms with Gasteiger partial charge in [-0.1, -0.05) is 12.1 Å². The van der Waals surface area contributed by atoms with Gasteiger partial charge in [0.25, 0.3) is 0 Å². The standard InChI is InChI=1S/C15H23N3O/c1-11-8-9-12(10-16-11)15(19)17-13-6-4-5-7-14(13)18(2)3/h4-7,11-12,16H,8-10H2,1-3H3,(H,17,19). The van der Waals surface area contributed by atoms with Crippen molar-refractivity contribution >= 4 is 17.3 Å².